The Bertz CT molecular complexity index is 1410. The molecule has 0 aliphatic carbocycles. The number of methoxy groups -OCH3 is 2. The van der Waals surface area contributed by atoms with Gasteiger partial charge < -0.3 is 14.0 Å². The molecule has 4 aromatic rings. The van der Waals surface area contributed by atoms with E-state index in [1.807, 2.05) is 0 Å². The summed E-state index contributed by atoms with van der Waals surface area (Å²) in [5, 5.41) is 3.95. The lowest BCUT2D eigenvalue weighted by Gasteiger charge is -2.10. The molecule has 0 aliphatic rings. The second kappa shape index (κ2) is 8.82. The average Bonchev–Trinajstić information content (AvgIpc) is 3.32. The maximum atomic E-state index is 13.3. The number of nitrogens with zero attached hydrogens (tertiary/aromatic N) is 2. The van der Waals surface area contributed by atoms with Crippen molar-refractivity contribution in [3.63, 3.8) is 0 Å². The lowest BCUT2D eigenvalue weighted by atomic mass is 10.1. The number of rotatable bonds is 6. The molecule has 176 valence electrons. The zero-order valence-corrected chi connectivity index (χ0v) is 18.6. The second-order valence-electron chi connectivity index (χ2n) is 6.98. The summed E-state index contributed by atoms with van der Waals surface area (Å²) in [5.74, 6) is 0.829. The minimum atomic E-state index is -4.58. The van der Waals surface area contributed by atoms with Gasteiger partial charge in [0.05, 0.1) is 35.1 Å². The first-order valence-corrected chi connectivity index (χ1v) is 11.2. The largest absolute Gasteiger partial charge is 0.496 e. The van der Waals surface area contributed by atoms with Crippen LogP contribution in [0.1, 0.15) is 5.56 Å². The highest BCUT2D eigenvalue weighted by molar-refractivity contribution is 7.91. The number of halogens is 3. The molecule has 4 rings (SSSR count). The molecule has 11 heteroatoms. The molecule has 0 amide bonds. The van der Waals surface area contributed by atoms with Gasteiger partial charge in [-0.25, -0.2) is 8.42 Å². The van der Waals surface area contributed by atoms with Gasteiger partial charge in [0.15, 0.2) is 0 Å². The fourth-order valence-corrected chi connectivity index (χ4v) is 4.78. The number of hydrogen-bond donors (Lipinski definition) is 0. The van der Waals surface area contributed by atoms with Crippen LogP contribution in [0.4, 0.5) is 13.2 Å². The summed E-state index contributed by atoms with van der Waals surface area (Å²) in [6.07, 6.45) is -4.58. The zero-order valence-electron chi connectivity index (χ0n) is 17.8. The summed E-state index contributed by atoms with van der Waals surface area (Å²) in [6.45, 7) is 0. The summed E-state index contributed by atoms with van der Waals surface area (Å²) in [7, 11) is -1.28. The maximum Gasteiger partial charge on any atom is 0.416 e. The first-order chi connectivity index (χ1) is 16.2. The Morgan fingerprint density at radius 1 is 0.853 bits per heavy atom. The van der Waals surface area contributed by atoms with E-state index in [1.165, 1.54) is 32.4 Å². The van der Waals surface area contributed by atoms with Gasteiger partial charge in [-0.3, -0.25) is 0 Å². The fraction of sp³-hybridized carbons (Fsp3) is 0.130. The van der Waals surface area contributed by atoms with Gasteiger partial charge in [-0.1, -0.05) is 23.4 Å². The highest BCUT2D eigenvalue weighted by atomic mass is 32.2. The van der Waals surface area contributed by atoms with E-state index in [2.05, 4.69) is 10.1 Å². The predicted octanol–water partition coefficient (Wildman–Crippen LogP) is 5.27. The highest BCUT2D eigenvalue weighted by Crippen LogP contribution is 2.39. The molecule has 0 bridgehead atoms. The lowest BCUT2D eigenvalue weighted by Crippen LogP contribution is -2.07. The molecule has 0 unspecified atom stereocenters. The summed E-state index contributed by atoms with van der Waals surface area (Å²) >= 11 is 0. The van der Waals surface area contributed by atoms with E-state index in [4.69, 9.17) is 14.0 Å². The SMILES string of the molecule is COc1cccc(OC)c1-c1noc(-c2ccccc2S(=O)(=O)c2ccc(C(F)(F)F)cc2)n1. The lowest BCUT2D eigenvalue weighted by molar-refractivity contribution is -0.137. The molecule has 0 N–H and O–H groups in total. The summed E-state index contributed by atoms with van der Waals surface area (Å²) in [6, 6.07) is 14.2. The molecular formula is C23H17F3N2O5S. The number of sulfone groups is 1. The summed E-state index contributed by atoms with van der Waals surface area (Å²) in [5.41, 5.74) is -0.451. The minimum absolute atomic E-state index is 0.0926. The number of benzene rings is 3. The topological polar surface area (TPSA) is 91.5 Å². The fourth-order valence-electron chi connectivity index (χ4n) is 3.33. The standard InChI is InChI=1S/C23H17F3N2O5S/c1-31-17-7-5-8-18(32-2)20(17)21-27-22(33-28-21)16-6-3-4-9-19(16)34(29,30)15-12-10-14(11-13-15)23(24,25)26/h3-13H,1-2H3. The summed E-state index contributed by atoms with van der Waals surface area (Å²) < 4.78 is 81.2. The van der Waals surface area contributed by atoms with Gasteiger partial charge in [0.1, 0.15) is 17.1 Å². The van der Waals surface area contributed by atoms with E-state index >= 15 is 0 Å². The molecule has 0 fully saturated rings. The Hall–Kier alpha value is -3.86. The van der Waals surface area contributed by atoms with Crippen molar-refractivity contribution in [2.75, 3.05) is 14.2 Å². The third-order valence-electron chi connectivity index (χ3n) is 4.98. The van der Waals surface area contributed by atoms with Crippen LogP contribution in [-0.4, -0.2) is 32.8 Å². The van der Waals surface area contributed by atoms with Crippen LogP contribution >= 0.6 is 0 Å². The molecule has 0 aliphatic heterocycles. The normalized spacial score (nSPS) is 11.9. The van der Waals surface area contributed by atoms with Crippen LogP contribution in [0.3, 0.4) is 0 Å². The first kappa shape index (κ1) is 23.3. The van der Waals surface area contributed by atoms with Gasteiger partial charge >= 0.3 is 6.18 Å². The van der Waals surface area contributed by atoms with E-state index in [0.29, 0.717) is 29.2 Å². The number of alkyl halides is 3. The van der Waals surface area contributed by atoms with E-state index < -0.39 is 21.6 Å². The van der Waals surface area contributed by atoms with Crippen LogP contribution in [0.25, 0.3) is 22.8 Å². The van der Waals surface area contributed by atoms with Crippen molar-refractivity contribution in [3.05, 3.63) is 72.3 Å². The van der Waals surface area contributed by atoms with E-state index in [9.17, 15) is 21.6 Å². The van der Waals surface area contributed by atoms with E-state index in [1.54, 1.807) is 24.3 Å². The molecule has 0 atom stereocenters. The average molecular weight is 490 g/mol. The van der Waals surface area contributed by atoms with Crippen LogP contribution in [0.5, 0.6) is 11.5 Å². The highest BCUT2D eigenvalue weighted by Gasteiger charge is 2.31. The molecule has 0 spiro atoms. The van der Waals surface area contributed by atoms with Crippen molar-refractivity contribution < 1.29 is 35.6 Å². The monoisotopic (exact) mass is 490 g/mol. The quantitative estimate of drug-likeness (QED) is 0.364. The van der Waals surface area contributed by atoms with Crippen molar-refractivity contribution >= 4 is 9.84 Å². The predicted molar refractivity (Wildman–Crippen MR) is 115 cm³/mol. The third-order valence-corrected chi connectivity index (χ3v) is 6.80. The molecule has 1 aromatic heterocycles. The van der Waals surface area contributed by atoms with Crippen molar-refractivity contribution in [2.45, 2.75) is 16.0 Å². The van der Waals surface area contributed by atoms with Crippen molar-refractivity contribution in [1.29, 1.82) is 0 Å². The number of ether oxygens (including phenoxy) is 2. The molecule has 0 saturated heterocycles. The van der Waals surface area contributed by atoms with Crippen molar-refractivity contribution in [3.8, 4) is 34.3 Å². The second-order valence-corrected chi connectivity index (χ2v) is 8.90. The summed E-state index contributed by atoms with van der Waals surface area (Å²) in [4.78, 5) is 3.83. The van der Waals surface area contributed by atoms with Gasteiger partial charge in [0.25, 0.3) is 5.89 Å². The molecule has 0 saturated carbocycles. The smallest absolute Gasteiger partial charge is 0.416 e. The maximum absolute atomic E-state index is 13.3. The number of hydrogen-bond acceptors (Lipinski definition) is 7. The van der Waals surface area contributed by atoms with Gasteiger partial charge in [-0.05, 0) is 48.5 Å². The Labute approximate surface area is 192 Å². The van der Waals surface area contributed by atoms with E-state index in [-0.39, 0.29) is 27.1 Å². The molecule has 7 nitrogen and oxygen atoms in total. The zero-order chi connectivity index (χ0) is 24.5. The Kier molecular flexibility index (Phi) is 6.05. The van der Waals surface area contributed by atoms with Gasteiger partial charge in [0.2, 0.25) is 15.7 Å². The van der Waals surface area contributed by atoms with Gasteiger partial charge in [0, 0.05) is 0 Å². The van der Waals surface area contributed by atoms with Crippen LogP contribution in [0, 0.1) is 0 Å². The Balaban J connectivity index is 1.79. The number of aromatic nitrogens is 2. The van der Waals surface area contributed by atoms with Crippen LogP contribution in [-0.2, 0) is 16.0 Å². The van der Waals surface area contributed by atoms with Crippen LogP contribution < -0.4 is 9.47 Å². The van der Waals surface area contributed by atoms with Crippen LogP contribution in [0.15, 0.2) is 81.0 Å². The van der Waals surface area contributed by atoms with Crippen LogP contribution in [0.2, 0.25) is 0 Å². The molecular weight excluding hydrogens is 473 g/mol. The molecule has 0 radical (unpaired) electrons. The first-order valence-electron chi connectivity index (χ1n) is 9.73. The Morgan fingerprint density at radius 3 is 2.06 bits per heavy atom. The molecule has 1 heterocycles. The van der Waals surface area contributed by atoms with Gasteiger partial charge in [-0.15, -0.1) is 0 Å². The van der Waals surface area contributed by atoms with Crippen molar-refractivity contribution in [1.82, 2.24) is 10.1 Å². The van der Waals surface area contributed by atoms with Crippen molar-refractivity contribution in [2.24, 2.45) is 0 Å². The molecule has 3 aromatic carbocycles. The van der Waals surface area contributed by atoms with E-state index in [0.717, 1.165) is 12.1 Å². The minimum Gasteiger partial charge on any atom is -0.496 e. The third kappa shape index (κ3) is 4.21. The Morgan fingerprint density at radius 2 is 1.47 bits per heavy atom. The van der Waals surface area contributed by atoms with Gasteiger partial charge in [-0.2, -0.15) is 18.2 Å². The molecule has 34 heavy (non-hydrogen) atoms.